The molecule has 35 heavy (non-hydrogen) atoms. The van der Waals surface area contributed by atoms with Crippen molar-refractivity contribution in [1.29, 1.82) is 0 Å². The molecule has 1 fully saturated rings. The maximum atomic E-state index is 12.5. The Morgan fingerprint density at radius 2 is 1.51 bits per heavy atom. The number of ether oxygens (including phenoxy) is 1. The molecule has 2 amide bonds. The van der Waals surface area contributed by atoms with E-state index in [1.165, 1.54) is 21.2 Å². The van der Waals surface area contributed by atoms with Gasteiger partial charge in [-0.3, -0.25) is 14.5 Å². The molecule has 0 N–H and O–H groups in total. The quantitative estimate of drug-likeness (QED) is 0.231. The Morgan fingerprint density at radius 3 is 2.23 bits per heavy atom. The third-order valence-electron chi connectivity index (χ3n) is 7.27. The third kappa shape index (κ3) is 4.73. The highest BCUT2D eigenvalue weighted by Gasteiger charge is 2.34. The lowest BCUT2D eigenvalue weighted by Crippen LogP contribution is -2.35. The lowest BCUT2D eigenvalue weighted by molar-refractivity contribution is 0.0649. The predicted molar refractivity (Wildman–Crippen MR) is 139 cm³/mol. The molecule has 3 aromatic carbocycles. The fraction of sp³-hybridized carbons (Fsp3) is 0.333. The zero-order valence-electron chi connectivity index (χ0n) is 20.1. The van der Waals surface area contributed by atoms with Crippen LogP contribution in [0.3, 0.4) is 0 Å². The molecule has 3 aromatic rings. The Balaban J connectivity index is 1.13. The first-order chi connectivity index (χ1) is 17.2. The molecule has 1 saturated heterocycles. The number of unbranched alkanes of at least 4 members (excludes halogenated alkanes) is 1. The molecule has 0 aliphatic carbocycles. The van der Waals surface area contributed by atoms with E-state index < -0.39 is 0 Å². The van der Waals surface area contributed by atoms with Crippen LogP contribution < -0.4 is 4.74 Å². The van der Waals surface area contributed by atoms with E-state index in [4.69, 9.17) is 4.74 Å². The van der Waals surface area contributed by atoms with Crippen LogP contribution in [0, 0.1) is 0 Å². The Bertz CT molecular complexity index is 1210. The van der Waals surface area contributed by atoms with Crippen LogP contribution in [-0.2, 0) is 0 Å². The number of hydrogen-bond acceptors (Lipinski definition) is 4. The average molecular weight is 469 g/mol. The smallest absolute Gasteiger partial charge is 0.261 e. The molecule has 0 spiro atoms. The summed E-state index contributed by atoms with van der Waals surface area (Å²) in [5, 5.41) is 2.37. The van der Waals surface area contributed by atoms with E-state index in [-0.39, 0.29) is 11.8 Å². The summed E-state index contributed by atoms with van der Waals surface area (Å²) in [6.45, 7) is 7.90. The Kier molecular flexibility index (Phi) is 6.96. The number of carbonyl (C=O) groups excluding carboxylic acids is 2. The monoisotopic (exact) mass is 468 g/mol. The van der Waals surface area contributed by atoms with E-state index in [0.717, 1.165) is 51.1 Å². The normalized spacial score (nSPS) is 16.6. The highest BCUT2D eigenvalue weighted by molar-refractivity contribution is 6.21. The van der Waals surface area contributed by atoms with Crippen LogP contribution >= 0.6 is 0 Å². The minimum absolute atomic E-state index is 0.156. The summed E-state index contributed by atoms with van der Waals surface area (Å²) < 4.78 is 6.16. The lowest BCUT2D eigenvalue weighted by atomic mass is 9.87. The molecular weight excluding hydrogens is 436 g/mol. The minimum Gasteiger partial charge on any atom is -0.489 e. The van der Waals surface area contributed by atoms with Crippen LogP contribution in [0.1, 0.15) is 57.9 Å². The largest absolute Gasteiger partial charge is 0.489 e. The maximum Gasteiger partial charge on any atom is 0.261 e. The van der Waals surface area contributed by atoms with Crippen molar-refractivity contribution < 1.29 is 14.3 Å². The number of hydrogen-bond donors (Lipinski definition) is 0. The zero-order valence-corrected chi connectivity index (χ0v) is 20.1. The Morgan fingerprint density at radius 1 is 0.857 bits per heavy atom. The molecule has 180 valence electrons. The van der Waals surface area contributed by atoms with Crippen molar-refractivity contribution in [2.45, 2.75) is 31.6 Å². The highest BCUT2D eigenvalue weighted by Crippen LogP contribution is 2.39. The number of rotatable bonds is 9. The second-order valence-corrected chi connectivity index (χ2v) is 9.44. The molecule has 5 heteroatoms. The number of carbonyl (C=O) groups is 2. The molecule has 0 unspecified atom stereocenters. The molecule has 0 bridgehead atoms. The van der Waals surface area contributed by atoms with Crippen LogP contribution in [0.25, 0.3) is 10.8 Å². The zero-order chi connectivity index (χ0) is 24.2. The van der Waals surface area contributed by atoms with Crippen molar-refractivity contribution in [3.8, 4) is 5.75 Å². The average Bonchev–Trinajstić information content (AvgIpc) is 3.15. The van der Waals surface area contributed by atoms with Crippen LogP contribution in [-0.4, -0.2) is 54.4 Å². The number of benzene rings is 3. The van der Waals surface area contributed by atoms with Crippen molar-refractivity contribution in [2.75, 3.05) is 32.8 Å². The summed E-state index contributed by atoms with van der Waals surface area (Å²) in [6.07, 6.45) is 5.80. The van der Waals surface area contributed by atoms with Gasteiger partial charge in [0.2, 0.25) is 0 Å². The molecule has 0 saturated carbocycles. The molecule has 2 aliphatic rings. The fourth-order valence-corrected chi connectivity index (χ4v) is 5.40. The van der Waals surface area contributed by atoms with Crippen LogP contribution in [0.4, 0.5) is 0 Å². The highest BCUT2D eigenvalue weighted by atomic mass is 16.5. The van der Waals surface area contributed by atoms with Gasteiger partial charge in [-0.05, 0) is 74.3 Å². The molecule has 5 rings (SSSR count). The first kappa shape index (κ1) is 23.3. The maximum absolute atomic E-state index is 12.5. The van der Waals surface area contributed by atoms with Gasteiger partial charge in [0.1, 0.15) is 12.4 Å². The van der Waals surface area contributed by atoms with Gasteiger partial charge >= 0.3 is 0 Å². The second-order valence-electron chi connectivity index (χ2n) is 9.44. The number of nitrogens with zero attached hydrogens (tertiary/aromatic N) is 2. The fourth-order valence-electron chi connectivity index (χ4n) is 5.40. The van der Waals surface area contributed by atoms with E-state index in [1.807, 2.05) is 12.1 Å². The first-order valence-electron chi connectivity index (χ1n) is 12.6. The van der Waals surface area contributed by atoms with Gasteiger partial charge in [0.15, 0.2) is 0 Å². The van der Waals surface area contributed by atoms with E-state index in [9.17, 15) is 9.59 Å². The van der Waals surface area contributed by atoms with Crippen molar-refractivity contribution in [3.63, 3.8) is 0 Å². The van der Waals surface area contributed by atoms with Gasteiger partial charge in [-0.25, -0.2) is 0 Å². The van der Waals surface area contributed by atoms with Crippen molar-refractivity contribution >= 4 is 22.6 Å². The van der Waals surface area contributed by atoms with Gasteiger partial charge < -0.3 is 9.64 Å². The molecular formula is C30H32N2O3. The van der Waals surface area contributed by atoms with Gasteiger partial charge in [-0.1, -0.05) is 61.2 Å². The number of imide groups is 1. The third-order valence-corrected chi connectivity index (χ3v) is 7.27. The van der Waals surface area contributed by atoms with Gasteiger partial charge in [-0.15, -0.1) is 0 Å². The molecule has 2 aliphatic heterocycles. The predicted octanol–water partition coefficient (Wildman–Crippen LogP) is 5.66. The summed E-state index contributed by atoms with van der Waals surface area (Å²) in [5.74, 6) is 1.17. The summed E-state index contributed by atoms with van der Waals surface area (Å²) in [7, 11) is 0. The molecule has 2 heterocycles. The molecule has 0 atom stereocenters. The number of fused-ring (bicyclic) bond motifs is 2. The van der Waals surface area contributed by atoms with Gasteiger partial charge in [0.05, 0.1) is 11.1 Å². The molecule has 5 nitrogen and oxygen atoms in total. The standard InChI is InChI=1S/C30H32N2O3/c1-2-21-35-28-24-10-4-3-9-22(24)13-14-25(28)23-15-19-31(20-16-23)17-7-8-18-32-29(33)26-11-5-6-12-27(26)30(32)34/h2-6,9-14,23H,1,7-8,15-21H2. The topological polar surface area (TPSA) is 49.9 Å². The van der Waals surface area contributed by atoms with Crippen molar-refractivity contribution in [2.24, 2.45) is 0 Å². The first-order valence-corrected chi connectivity index (χ1v) is 12.6. The van der Waals surface area contributed by atoms with Gasteiger partial charge in [0, 0.05) is 11.9 Å². The van der Waals surface area contributed by atoms with Crippen LogP contribution in [0.5, 0.6) is 5.75 Å². The second kappa shape index (κ2) is 10.4. The SMILES string of the molecule is C=CCOc1c(C2CCN(CCCCN3C(=O)c4ccccc4C3=O)CC2)ccc2ccccc12. The van der Waals surface area contributed by atoms with Gasteiger partial charge in [0.25, 0.3) is 11.8 Å². The summed E-state index contributed by atoms with van der Waals surface area (Å²) in [5.41, 5.74) is 2.37. The summed E-state index contributed by atoms with van der Waals surface area (Å²) >= 11 is 0. The van der Waals surface area contributed by atoms with Crippen molar-refractivity contribution in [3.05, 3.63) is 90.0 Å². The summed E-state index contributed by atoms with van der Waals surface area (Å²) in [4.78, 5) is 29.0. The minimum atomic E-state index is -0.156. The van der Waals surface area contributed by atoms with E-state index in [2.05, 4.69) is 47.9 Å². The van der Waals surface area contributed by atoms with E-state index in [0.29, 0.717) is 30.2 Å². The van der Waals surface area contributed by atoms with Crippen molar-refractivity contribution in [1.82, 2.24) is 9.80 Å². The number of likely N-dealkylation sites (tertiary alicyclic amines) is 1. The summed E-state index contributed by atoms with van der Waals surface area (Å²) in [6, 6.07) is 19.9. The van der Waals surface area contributed by atoms with E-state index >= 15 is 0 Å². The van der Waals surface area contributed by atoms with E-state index in [1.54, 1.807) is 18.2 Å². The molecule has 0 radical (unpaired) electrons. The molecule has 0 aromatic heterocycles. The number of piperidine rings is 1. The van der Waals surface area contributed by atoms with Crippen LogP contribution in [0.2, 0.25) is 0 Å². The van der Waals surface area contributed by atoms with Gasteiger partial charge in [-0.2, -0.15) is 0 Å². The Hall–Kier alpha value is -3.44. The lowest BCUT2D eigenvalue weighted by Gasteiger charge is -2.33. The number of amides is 2. The van der Waals surface area contributed by atoms with Crippen LogP contribution in [0.15, 0.2) is 73.3 Å². The Labute approximate surface area is 207 Å².